The zero-order valence-electron chi connectivity index (χ0n) is 18.9. The number of nitrogens with zero attached hydrogens (tertiary/aromatic N) is 3. The minimum atomic E-state index is -0.561. The van der Waals surface area contributed by atoms with Crippen LogP contribution in [0.1, 0.15) is 42.4 Å². The quantitative estimate of drug-likeness (QED) is 0.696. The number of nitrogen functional groups attached to an aromatic ring is 1. The first-order valence-electron chi connectivity index (χ1n) is 11.3. The molecule has 2 aromatic rings. The molecule has 0 aliphatic carbocycles. The molecule has 0 amide bonds. The molecule has 2 fully saturated rings. The lowest BCUT2D eigenvalue weighted by Crippen LogP contribution is -2.44. The van der Waals surface area contributed by atoms with Crippen molar-refractivity contribution in [1.29, 1.82) is 0 Å². The van der Waals surface area contributed by atoms with E-state index in [9.17, 15) is 9.50 Å². The van der Waals surface area contributed by atoms with E-state index in [1.54, 1.807) is 6.07 Å². The van der Waals surface area contributed by atoms with E-state index in [2.05, 4.69) is 10.2 Å². The highest BCUT2D eigenvalue weighted by molar-refractivity contribution is 5.72. The summed E-state index contributed by atoms with van der Waals surface area (Å²) < 4.78 is 24.0. The van der Waals surface area contributed by atoms with Crippen molar-refractivity contribution in [2.45, 2.75) is 57.4 Å². The number of anilines is 1. The van der Waals surface area contributed by atoms with E-state index >= 15 is 0 Å². The fourth-order valence-electron chi connectivity index (χ4n) is 4.70. The molecule has 0 bridgehead atoms. The number of likely N-dealkylation sites (tertiary alicyclic amines) is 1. The predicted molar refractivity (Wildman–Crippen MR) is 121 cm³/mol. The van der Waals surface area contributed by atoms with E-state index in [-0.39, 0.29) is 11.4 Å². The molecule has 174 valence electrons. The SMILES string of the molecule is CN1CCCC(F)C1.Cc1ccc(-c2nnc(N)c3c2CC2(CCOCC2)OC3)c(O)c1. The third-order valence-electron chi connectivity index (χ3n) is 6.62. The van der Waals surface area contributed by atoms with Gasteiger partial charge in [-0.2, -0.15) is 0 Å². The smallest absolute Gasteiger partial charge is 0.151 e. The average molecular weight is 445 g/mol. The number of aromatic hydroxyl groups is 1. The van der Waals surface area contributed by atoms with E-state index in [0.29, 0.717) is 49.9 Å². The topological polar surface area (TPSA) is 93.7 Å². The van der Waals surface area contributed by atoms with Crippen LogP contribution in [-0.4, -0.2) is 65.3 Å². The summed E-state index contributed by atoms with van der Waals surface area (Å²) in [5.41, 5.74) is 10.1. The Balaban J connectivity index is 0.000000260. The summed E-state index contributed by atoms with van der Waals surface area (Å²) in [7, 11) is 1.96. The lowest BCUT2D eigenvalue weighted by molar-refractivity contribution is -0.125. The maximum Gasteiger partial charge on any atom is 0.151 e. The lowest BCUT2D eigenvalue weighted by Gasteiger charge is -2.41. The van der Waals surface area contributed by atoms with Crippen molar-refractivity contribution in [3.8, 4) is 17.0 Å². The Bertz CT molecular complexity index is 941. The van der Waals surface area contributed by atoms with Crippen LogP contribution >= 0.6 is 0 Å². The predicted octanol–water partition coefficient (Wildman–Crippen LogP) is 3.41. The van der Waals surface area contributed by atoms with Crippen LogP contribution in [0.4, 0.5) is 10.2 Å². The monoisotopic (exact) mass is 444 g/mol. The number of alkyl halides is 1. The summed E-state index contributed by atoms with van der Waals surface area (Å²) in [6.45, 7) is 5.48. The van der Waals surface area contributed by atoms with Crippen LogP contribution in [0.15, 0.2) is 18.2 Å². The number of fused-ring (bicyclic) bond motifs is 1. The number of phenols is 1. The van der Waals surface area contributed by atoms with Gasteiger partial charge < -0.3 is 25.2 Å². The van der Waals surface area contributed by atoms with Crippen molar-refractivity contribution in [2.24, 2.45) is 0 Å². The molecule has 3 aliphatic rings. The van der Waals surface area contributed by atoms with Crippen molar-refractivity contribution in [3.63, 3.8) is 0 Å². The average Bonchev–Trinajstić information content (AvgIpc) is 2.75. The van der Waals surface area contributed by atoms with Gasteiger partial charge in [-0.15, -0.1) is 10.2 Å². The molecule has 32 heavy (non-hydrogen) atoms. The first-order chi connectivity index (χ1) is 15.4. The van der Waals surface area contributed by atoms with Gasteiger partial charge >= 0.3 is 0 Å². The molecule has 1 aromatic heterocycles. The molecular weight excluding hydrogens is 411 g/mol. The molecule has 7 nitrogen and oxygen atoms in total. The highest BCUT2D eigenvalue weighted by Crippen LogP contribution is 2.41. The zero-order chi connectivity index (χ0) is 22.7. The highest BCUT2D eigenvalue weighted by Gasteiger charge is 2.39. The molecule has 1 spiro atoms. The van der Waals surface area contributed by atoms with Gasteiger partial charge in [0.15, 0.2) is 5.82 Å². The normalized spacial score (nSPS) is 22.7. The molecule has 3 aliphatic heterocycles. The van der Waals surface area contributed by atoms with E-state index in [4.69, 9.17) is 15.2 Å². The summed E-state index contributed by atoms with van der Waals surface area (Å²) in [5, 5.41) is 18.8. The summed E-state index contributed by atoms with van der Waals surface area (Å²) in [6.07, 6.45) is 3.66. The molecule has 0 radical (unpaired) electrons. The number of aromatic nitrogens is 2. The van der Waals surface area contributed by atoms with Gasteiger partial charge in [-0.25, -0.2) is 4.39 Å². The molecule has 5 rings (SSSR count). The van der Waals surface area contributed by atoms with Gasteiger partial charge in [0.2, 0.25) is 0 Å². The number of hydrogen-bond donors (Lipinski definition) is 2. The molecule has 8 heteroatoms. The lowest BCUT2D eigenvalue weighted by atomic mass is 9.82. The van der Waals surface area contributed by atoms with Gasteiger partial charge in [-0.1, -0.05) is 6.07 Å². The van der Waals surface area contributed by atoms with Gasteiger partial charge in [-0.05, 0) is 56.6 Å². The fraction of sp³-hybridized carbons (Fsp3) is 0.583. The van der Waals surface area contributed by atoms with Crippen LogP contribution in [0.2, 0.25) is 0 Å². The molecule has 1 unspecified atom stereocenters. The second-order valence-electron chi connectivity index (χ2n) is 9.17. The van der Waals surface area contributed by atoms with Crippen LogP contribution in [0.5, 0.6) is 5.75 Å². The van der Waals surface area contributed by atoms with Gasteiger partial charge in [0.05, 0.1) is 12.2 Å². The summed E-state index contributed by atoms with van der Waals surface area (Å²) in [4.78, 5) is 2.04. The zero-order valence-corrected chi connectivity index (χ0v) is 18.9. The maximum absolute atomic E-state index is 12.4. The number of rotatable bonds is 1. The second-order valence-corrected chi connectivity index (χ2v) is 9.17. The summed E-state index contributed by atoms with van der Waals surface area (Å²) in [5.74, 6) is 0.617. The van der Waals surface area contributed by atoms with Crippen LogP contribution in [0.3, 0.4) is 0 Å². The van der Waals surface area contributed by atoms with E-state index in [1.165, 1.54) is 0 Å². The number of aryl methyl sites for hydroxylation is 1. The fourth-order valence-corrected chi connectivity index (χ4v) is 4.70. The van der Waals surface area contributed by atoms with Gasteiger partial charge in [0, 0.05) is 50.1 Å². The van der Waals surface area contributed by atoms with Gasteiger partial charge in [-0.3, -0.25) is 0 Å². The Morgan fingerprint density at radius 3 is 2.66 bits per heavy atom. The first kappa shape index (κ1) is 22.9. The number of ether oxygens (including phenoxy) is 2. The van der Waals surface area contributed by atoms with Crippen molar-refractivity contribution in [2.75, 3.05) is 39.1 Å². The minimum absolute atomic E-state index is 0.212. The molecule has 3 N–H and O–H groups in total. The van der Waals surface area contributed by atoms with Gasteiger partial charge in [0.25, 0.3) is 0 Å². The highest BCUT2D eigenvalue weighted by atomic mass is 19.1. The third kappa shape index (κ3) is 5.03. The number of nitrogens with two attached hydrogens (primary N) is 1. The molecule has 4 heterocycles. The van der Waals surface area contributed by atoms with E-state index < -0.39 is 6.17 Å². The van der Waals surface area contributed by atoms with Crippen molar-refractivity contribution >= 4 is 5.82 Å². The number of hydrogen-bond acceptors (Lipinski definition) is 7. The van der Waals surface area contributed by atoms with Crippen molar-refractivity contribution < 1.29 is 19.0 Å². The van der Waals surface area contributed by atoms with Crippen molar-refractivity contribution in [1.82, 2.24) is 15.1 Å². The molecule has 1 atom stereocenters. The Kier molecular flexibility index (Phi) is 6.93. The Labute approximate surface area is 188 Å². The van der Waals surface area contributed by atoms with E-state index in [0.717, 1.165) is 48.9 Å². The number of phenolic OH excluding ortho intramolecular Hbond substituents is 1. The van der Waals surface area contributed by atoms with Crippen LogP contribution in [0.25, 0.3) is 11.3 Å². The third-order valence-corrected chi connectivity index (χ3v) is 6.62. The van der Waals surface area contributed by atoms with E-state index in [1.807, 2.05) is 31.0 Å². The molecular formula is C24H33FN4O3. The van der Waals surface area contributed by atoms with Crippen LogP contribution in [0, 0.1) is 6.92 Å². The van der Waals surface area contributed by atoms with Crippen LogP contribution in [-0.2, 0) is 22.5 Å². The Hall–Kier alpha value is -2.29. The summed E-state index contributed by atoms with van der Waals surface area (Å²) >= 11 is 0. The maximum atomic E-state index is 12.4. The first-order valence-corrected chi connectivity index (χ1v) is 11.3. The van der Waals surface area contributed by atoms with Crippen molar-refractivity contribution in [3.05, 3.63) is 34.9 Å². The number of halogens is 1. The second kappa shape index (κ2) is 9.68. The largest absolute Gasteiger partial charge is 0.507 e. The van der Waals surface area contributed by atoms with Gasteiger partial charge in [0.1, 0.15) is 17.6 Å². The Morgan fingerprint density at radius 2 is 2.00 bits per heavy atom. The Morgan fingerprint density at radius 1 is 1.22 bits per heavy atom. The standard InChI is InChI=1S/C18H21N3O3.C6H12FN/c1-11-2-3-12(15(22)8-11)16-13-9-18(4-6-23-7-5-18)24-10-14(13)17(19)21-20-16;1-8-4-2-3-6(7)5-8/h2-3,8,22H,4-7,9-10H2,1H3,(H2,19,21);6H,2-5H2,1H3. The number of piperidine rings is 1. The molecule has 1 aromatic carbocycles. The van der Waals surface area contributed by atoms with Crippen LogP contribution < -0.4 is 5.73 Å². The minimum Gasteiger partial charge on any atom is -0.507 e. The molecule has 0 saturated carbocycles. The molecule has 2 saturated heterocycles. The number of benzene rings is 1. The summed E-state index contributed by atoms with van der Waals surface area (Å²) in [6, 6.07) is 5.59.